The van der Waals surface area contributed by atoms with Gasteiger partial charge in [-0.1, -0.05) is 13.0 Å². The minimum atomic E-state index is 0.425. The Bertz CT molecular complexity index is 366. The van der Waals surface area contributed by atoms with Crippen LogP contribution >= 0.6 is 0 Å². The molecule has 0 saturated carbocycles. The van der Waals surface area contributed by atoms with Gasteiger partial charge in [-0.25, -0.2) is 0 Å². The summed E-state index contributed by atoms with van der Waals surface area (Å²) in [6.45, 7) is 11.2. The molecule has 0 aromatic carbocycles. The summed E-state index contributed by atoms with van der Waals surface area (Å²) in [5.74, 6) is 0. The van der Waals surface area contributed by atoms with Gasteiger partial charge in [0.25, 0.3) is 0 Å². The lowest BCUT2D eigenvalue weighted by Crippen LogP contribution is -2.22. The van der Waals surface area contributed by atoms with Crippen LogP contribution in [-0.2, 0) is 7.05 Å². The molecule has 1 atom stereocenters. The Labute approximate surface area is 105 Å². The van der Waals surface area contributed by atoms with Crippen LogP contribution in [0.3, 0.4) is 0 Å². The highest BCUT2D eigenvalue weighted by Crippen LogP contribution is 2.25. The molecule has 0 saturated heterocycles. The Balaban J connectivity index is 2.84. The molecule has 1 unspecified atom stereocenters. The summed E-state index contributed by atoms with van der Waals surface area (Å²) in [6.07, 6.45) is 5.40. The molecule has 1 rings (SSSR count). The smallest absolute Gasteiger partial charge is 0.0644 e. The lowest BCUT2D eigenvalue weighted by Gasteiger charge is -2.18. The van der Waals surface area contributed by atoms with E-state index in [1.807, 2.05) is 17.8 Å². The Morgan fingerprint density at radius 1 is 1.47 bits per heavy atom. The van der Waals surface area contributed by atoms with E-state index in [4.69, 9.17) is 0 Å². The average molecular weight is 235 g/mol. The van der Waals surface area contributed by atoms with Crippen LogP contribution in [0.15, 0.2) is 12.7 Å². The van der Waals surface area contributed by atoms with E-state index in [0.717, 1.165) is 25.1 Å². The second kappa shape index (κ2) is 6.60. The van der Waals surface area contributed by atoms with Crippen molar-refractivity contribution in [3.8, 4) is 0 Å². The second-order valence-electron chi connectivity index (χ2n) is 4.54. The number of aromatic nitrogens is 2. The van der Waals surface area contributed by atoms with Gasteiger partial charge in [-0.15, -0.1) is 6.58 Å². The molecule has 96 valence electrons. The van der Waals surface area contributed by atoms with Gasteiger partial charge in [-0.05, 0) is 39.7 Å². The molecule has 0 spiro atoms. The van der Waals surface area contributed by atoms with Crippen LogP contribution in [0.1, 0.15) is 49.2 Å². The molecule has 0 aliphatic rings. The molecule has 3 nitrogen and oxygen atoms in total. The van der Waals surface area contributed by atoms with Crippen molar-refractivity contribution in [3.63, 3.8) is 0 Å². The van der Waals surface area contributed by atoms with E-state index >= 15 is 0 Å². The zero-order chi connectivity index (χ0) is 12.8. The van der Waals surface area contributed by atoms with Gasteiger partial charge in [0.1, 0.15) is 0 Å². The largest absolute Gasteiger partial charge is 0.310 e. The maximum absolute atomic E-state index is 4.50. The average Bonchev–Trinajstić information content (AvgIpc) is 2.53. The molecule has 0 bridgehead atoms. The van der Waals surface area contributed by atoms with Gasteiger partial charge >= 0.3 is 0 Å². The Hall–Kier alpha value is -1.09. The highest BCUT2D eigenvalue weighted by Gasteiger charge is 2.18. The quantitative estimate of drug-likeness (QED) is 0.581. The molecule has 0 aliphatic carbocycles. The lowest BCUT2D eigenvalue weighted by atomic mass is 9.99. The van der Waals surface area contributed by atoms with E-state index in [0.29, 0.717) is 6.04 Å². The maximum atomic E-state index is 4.50. The van der Waals surface area contributed by atoms with Gasteiger partial charge < -0.3 is 5.32 Å². The number of unbranched alkanes of at least 4 members (excludes halogenated alkanes) is 1. The van der Waals surface area contributed by atoms with Gasteiger partial charge in [-0.3, -0.25) is 4.68 Å². The van der Waals surface area contributed by atoms with Gasteiger partial charge in [0.05, 0.1) is 5.69 Å². The van der Waals surface area contributed by atoms with Crippen LogP contribution in [0.2, 0.25) is 0 Å². The minimum Gasteiger partial charge on any atom is -0.310 e. The van der Waals surface area contributed by atoms with Gasteiger partial charge in [0, 0.05) is 24.3 Å². The molecular formula is C14H25N3. The zero-order valence-corrected chi connectivity index (χ0v) is 11.6. The van der Waals surface area contributed by atoms with Crippen LogP contribution in [0.4, 0.5) is 0 Å². The van der Waals surface area contributed by atoms with Crippen molar-refractivity contribution >= 4 is 0 Å². The first-order valence-corrected chi connectivity index (χ1v) is 6.46. The third-order valence-corrected chi connectivity index (χ3v) is 3.27. The molecular weight excluding hydrogens is 210 g/mol. The fourth-order valence-corrected chi connectivity index (χ4v) is 2.36. The predicted molar refractivity (Wildman–Crippen MR) is 73.1 cm³/mol. The zero-order valence-electron chi connectivity index (χ0n) is 11.6. The van der Waals surface area contributed by atoms with Crippen molar-refractivity contribution in [2.45, 2.75) is 46.1 Å². The van der Waals surface area contributed by atoms with Crippen LogP contribution in [0.25, 0.3) is 0 Å². The van der Waals surface area contributed by atoms with Crippen molar-refractivity contribution in [2.24, 2.45) is 7.05 Å². The summed E-state index contributed by atoms with van der Waals surface area (Å²) in [5.41, 5.74) is 3.79. The maximum Gasteiger partial charge on any atom is 0.0644 e. The van der Waals surface area contributed by atoms with Crippen molar-refractivity contribution < 1.29 is 0 Å². The summed E-state index contributed by atoms with van der Waals surface area (Å²) in [5, 5.41) is 8.06. The SMILES string of the molecule is C=CCCCC(NCC)c1c(C)nn(C)c1C. The fourth-order valence-electron chi connectivity index (χ4n) is 2.36. The summed E-state index contributed by atoms with van der Waals surface area (Å²) in [6, 6.07) is 0.425. The molecule has 1 aromatic rings. The van der Waals surface area contributed by atoms with Crippen molar-refractivity contribution in [1.29, 1.82) is 0 Å². The standard InChI is InChI=1S/C14H25N3/c1-6-8-9-10-13(15-7-2)14-11(3)16-17(5)12(14)4/h6,13,15H,1,7-10H2,2-5H3. The number of nitrogens with zero attached hydrogens (tertiary/aromatic N) is 2. The molecule has 0 aliphatic heterocycles. The van der Waals surface area contributed by atoms with E-state index < -0.39 is 0 Å². The summed E-state index contributed by atoms with van der Waals surface area (Å²) in [4.78, 5) is 0. The van der Waals surface area contributed by atoms with Gasteiger partial charge in [0.15, 0.2) is 0 Å². The first-order chi connectivity index (χ1) is 8.11. The highest BCUT2D eigenvalue weighted by molar-refractivity contribution is 5.28. The number of aryl methyl sites for hydroxylation is 2. The summed E-state index contributed by atoms with van der Waals surface area (Å²) >= 11 is 0. The number of rotatable bonds is 7. The van der Waals surface area contributed by atoms with Crippen LogP contribution < -0.4 is 5.32 Å². The van der Waals surface area contributed by atoms with E-state index in [2.05, 4.69) is 37.8 Å². The topological polar surface area (TPSA) is 29.9 Å². The molecule has 3 heteroatoms. The molecule has 17 heavy (non-hydrogen) atoms. The Morgan fingerprint density at radius 2 is 2.18 bits per heavy atom. The van der Waals surface area contributed by atoms with Crippen molar-refractivity contribution in [3.05, 3.63) is 29.6 Å². The lowest BCUT2D eigenvalue weighted by molar-refractivity contribution is 0.496. The Morgan fingerprint density at radius 3 is 2.65 bits per heavy atom. The fraction of sp³-hybridized carbons (Fsp3) is 0.643. The van der Waals surface area contributed by atoms with Crippen LogP contribution in [-0.4, -0.2) is 16.3 Å². The molecule has 0 fully saturated rings. The normalized spacial score (nSPS) is 12.7. The second-order valence-corrected chi connectivity index (χ2v) is 4.54. The van der Waals surface area contributed by atoms with E-state index in [-0.39, 0.29) is 0 Å². The first-order valence-electron chi connectivity index (χ1n) is 6.46. The predicted octanol–water partition coefficient (Wildman–Crippen LogP) is 3.04. The highest BCUT2D eigenvalue weighted by atomic mass is 15.3. The molecule has 1 heterocycles. The minimum absolute atomic E-state index is 0.425. The molecule has 1 N–H and O–H groups in total. The van der Waals surface area contributed by atoms with Crippen LogP contribution in [0.5, 0.6) is 0 Å². The molecule has 0 amide bonds. The number of allylic oxidation sites excluding steroid dienone is 1. The van der Waals surface area contributed by atoms with Gasteiger partial charge in [-0.2, -0.15) is 5.10 Å². The monoisotopic (exact) mass is 235 g/mol. The first kappa shape index (κ1) is 14.0. The van der Waals surface area contributed by atoms with E-state index in [1.165, 1.54) is 17.7 Å². The van der Waals surface area contributed by atoms with Crippen LogP contribution in [0, 0.1) is 13.8 Å². The van der Waals surface area contributed by atoms with E-state index in [1.54, 1.807) is 0 Å². The molecule has 1 aromatic heterocycles. The summed E-state index contributed by atoms with van der Waals surface area (Å²) < 4.78 is 1.97. The molecule has 0 radical (unpaired) electrons. The number of nitrogens with one attached hydrogen (secondary N) is 1. The van der Waals surface area contributed by atoms with Crippen molar-refractivity contribution in [2.75, 3.05) is 6.54 Å². The van der Waals surface area contributed by atoms with Gasteiger partial charge in [0.2, 0.25) is 0 Å². The van der Waals surface area contributed by atoms with E-state index in [9.17, 15) is 0 Å². The van der Waals surface area contributed by atoms with Crippen molar-refractivity contribution in [1.82, 2.24) is 15.1 Å². The summed E-state index contributed by atoms with van der Waals surface area (Å²) in [7, 11) is 2.01. The third-order valence-electron chi connectivity index (χ3n) is 3.27. The number of hydrogen-bond acceptors (Lipinski definition) is 2. The number of hydrogen-bond donors (Lipinski definition) is 1. The third kappa shape index (κ3) is 3.43. The Kier molecular flexibility index (Phi) is 5.42.